The van der Waals surface area contributed by atoms with Crippen LogP contribution in [0.25, 0.3) is 11.0 Å². The zero-order chi connectivity index (χ0) is 10.9. The average molecular weight is 207 g/mol. The fourth-order valence-electron chi connectivity index (χ4n) is 1.70. The second-order valence-electron chi connectivity index (χ2n) is 4.04. The number of rotatable bonds is 3. The van der Waals surface area contributed by atoms with Crippen molar-refractivity contribution in [1.82, 2.24) is 0 Å². The van der Waals surface area contributed by atoms with Gasteiger partial charge in [-0.3, -0.25) is 4.39 Å². The van der Waals surface area contributed by atoms with Crippen LogP contribution in [0.4, 0.5) is 4.39 Å². The molecule has 0 aliphatic rings. The van der Waals surface area contributed by atoms with E-state index < -0.39 is 12.1 Å². The van der Waals surface area contributed by atoms with E-state index in [0.717, 1.165) is 16.5 Å². The molecule has 3 heteroatoms. The van der Waals surface area contributed by atoms with Crippen molar-refractivity contribution in [2.45, 2.75) is 12.3 Å². The molecule has 2 rings (SSSR count). The Morgan fingerprint density at radius 2 is 2.20 bits per heavy atom. The van der Waals surface area contributed by atoms with Crippen molar-refractivity contribution in [2.75, 3.05) is 13.2 Å². The molecule has 2 aromatic rings. The SMILES string of the molecule is CC(CN)(CF)c1cccc2ccoc12. The third kappa shape index (κ3) is 1.53. The zero-order valence-corrected chi connectivity index (χ0v) is 8.66. The van der Waals surface area contributed by atoms with Crippen molar-refractivity contribution < 1.29 is 8.81 Å². The molecule has 0 radical (unpaired) electrons. The van der Waals surface area contributed by atoms with Crippen LogP contribution in [0.1, 0.15) is 12.5 Å². The molecule has 0 spiro atoms. The number of hydrogen-bond acceptors (Lipinski definition) is 2. The molecule has 0 fully saturated rings. The van der Waals surface area contributed by atoms with Gasteiger partial charge in [-0.25, -0.2) is 0 Å². The van der Waals surface area contributed by atoms with Crippen molar-refractivity contribution in [1.29, 1.82) is 0 Å². The monoisotopic (exact) mass is 207 g/mol. The number of benzene rings is 1. The summed E-state index contributed by atoms with van der Waals surface area (Å²) in [6.45, 7) is 1.59. The van der Waals surface area contributed by atoms with Gasteiger partial charge in [0.15, 0.2) is 0 Å². The first kappa shape index (κ1) is 10.2. The third-order valence-corrected chi connectivity index (χ3v) is 2.87. The van der Waals surface area contributed by atoms with Gasteiger partial charge in [0.1, 0.15) is 12.3 Å². The number of para-hydroxylation sites is 1. The summed E-state index contributed by atoms with van der Waals surface area (Å²) in [6.07, 6.45) is 1.61. The lowest BCUT2D eigenvalue weighted by atomic mass is 9.83. The highest BCUT2D eigenvalue weighted by Gasteiger charge is 2.28. The standard InChI is InChI=1S/C12H14FNO/c1-12(7-13,8-14)10-4-2-3-9-5-6-15-11(9)10/h2-6H,7-8,14H2,1H3. The van der Waals surface area contributed by atoms with Gasteiger partial charge in [0.05, 0.1) is 6.26 Å². The van der Waals surface area contributed by atoms with Gasteiger partial charge in [0.2, 0.25) is 0 Å². The highest BCUT2D eigenvalue weighted by Crippen LogP contribution is 2.30. The summed E-state index contributed by atoms with van der Waals surface area (Å²) in [5.74, 6) is 0. The number of halogens is 1. The van der Waals surface area contributed by atoms with Crippen LogP contribution in [0.15, 0.2) is 34.9 Å². The molecule has 1 atom stereocenters. The van der Waals surface area contributed by atoms with E-state index >= 15 is 0 Å². The Bertz CT molecular complexity index is 459. The summed E-state index contributed by atoms with van der Waals surface area (Å²) in [4.78, 5) is 0. The predicted molar refractivity (Wildman–Crippen MR) is 58.6 cm³/mol. The first-order valence-corrected chi connectivity index (χ1v) is 4.94. The minimum Gasteiger partial charge on any atom is -0.464 e. The van der Waals surface area contributed by atoms with Crippen LogP contribution >= 0.6 is 0 Å². The minimum absolute atomic E-state index is 0.267. The maximum Gasteiger partial charge on any atom is 0.137 e. The highest BCUT2D eigenvalue weighted by molar-refractivity contribution is 5.81. The number of furan rings is 1. The van der Waals surface area contributed by atoms with Crippen molar-refractivity contribution in [3.63, 3.8) is 0 Å². The molecule has 0 saturated heterocycles. The fourth-order valence-corrected chi connectivity index (χ4v) is 1.70. The Hall–Kier alpha value is -1.35. The van der Waals surface area contributed by atoms with Crippen molar-refractivity contribution in [2.24, 2.45) is 5.73 Å². The second-order valence-corrected chi connectivity index (χ2v) is 4.04. The maximum atomic E-state index is 13.0. The Balaban J connectivity index is 2.64. The molecule has 2 nitrogen and oxygen atoms in total. The van der Waals surface area contributed by atoms with Gasteiger partial charge in [-0.2, -0.15) is 0 Å². The Labute approximate surface area is 87.9 Å². The van der Waals surface area contributed by atoms with E-state index in [-0.39, 0.29) is 6.54 Å². The van der Waals surface area contributed by atoms with Crippen LogP contribution in [-0.4, -0.2) is 13.2 Å². The summed E-state index contributed by atoms with van der Waals surface area (Å²) >= 11 is 0. The highest BCUT2D eigenvalue weighted by atomic mass is 19.1. The van der Waals surface area contributed by atoms with Gasteiger partial charge in [-0.15, -0.1) is 0 Å². The summed E-state index contributed by atoms with van der Waals surface area (Å²) < 4.78 is 18.4. The van der Waals surface area contributed by atoms with Crippen LogP contribution < -0.4 is 5.73 Å². The molecule has 0 aliphatic carbocycles. The van der Waals surface area contributed by atoms with E-state index in [2.05, 4.69) is 0 Å². The van der Waals surface area contributed by atoms with Crippen molar-refractivity contribution >= 4 is 11.0 Å². The molecule has 0 saturated carbocycles. The largest absolute Gasteiger partial charge is 0.464 e. The smallest absolute Gasteiger partial charge is 0.137 e. The fraction of sp³-hybridized carbons (Fsp3) is 0.333. The molecular formula is C12H14FNO. The third-order valence-electron chi connectivity index (χ3n) is 2.87. The molecule has 80 valence electrons. The molecular weight excluding hydrogens is 193 g/mol. The van der Waals surface area contributed by atoms with Gasteiger partial charge in [-0.05, 0) is 6.07 Å². The minimum atomic E-state index is -0.655. The predicted octanol–water partition coefficient (Wildman–Crippen LogP) is 2.62. The Morgan fingerprint density at radius 3 is 2.87 bits per heavy atom. The topological polar surface area (TPSA) is 39.2 Å². The number of hydrogen-bond donors (Lipinski definition) is 1. The summed E-state index contributed by atoms with van der Waals surface area (Å²) in [7, 11) is 0. The van der Waals surface area contributed by atoms with Gasteiger partial charge >= 0.3 is 0 Å². The Kier molecular flexibility index (Phi) is 2.49. The molecule has 1 aromatic carbocycles. The van der Waals surface area contributed by atoms with Crippen LogP contribution in [-0.2, 0) is 5.41 Å². The lowest BCUT2D eigenvalue weighted by molar-refractivity contribution is 0.333. The molecule has 0 amide bonds. The van der Waals surface area contributed by atoms with E-state index in [1.807, 2.05) is 31.2 Å². The van der Waals surface area contributed by atoms with E-state index in [1.165, 1.54) is 0 Å². The van der Waals surface area contributed by atoms with Gasteiger partial charge in [0, 0.05) is 22.9 Å². The second kappa shape index (κ2) is 3.66. The number of fused-ring (bicyclic) bond motifs is 1. The van der Waals surface area contributed by atoms with E-state index in [9.17, 15) is 4.39 Å². The molecule has 0 aliphatic heterocycles. The van der Waals surface area contributed by atoms with Gasteiger partial charge in [-0.1, -0.05) is 25.1 Å². The first-order valence-electron chi connectivity index (χ1n) is 4.94. The van der Waals surface area contributed by atoms with E-state index in [1.54, 1.807) is 6.26 Å². The molecule has 15 heavy (non-hydrogen) atoms. The molecule has 2 N–H and O–H groups in total. The van der Waals surface area contributed by atoms with E-state index in [0.29, 0.717) is 0 Å². The lowest BCUT2D eigenvalue weighted by Gasteiger charge is -2.24. The quantitative estimate of drug-likeness (QED) is 0.840. The number of alkyl halides is 1. The summed E-state index contributed by atoms with van der Waals surface area (Å²) in [6, 6.07) is 7.58. The zero-order valence-electron chi connectivity index (χ0n) is 8.66. The maximum absolute atomic E-state index is 13.0. The molecule has 1 unspecified atom stereocenters. The van der Waals surface area contributed by atoms with Crippen LogP contribution in [0, 0.1) is 0 Å². The average Bonchev–Trinajstić information content (AvgIpc) is 2.75. The summed E-state index contributed by atoms with van der Waals surface area (Å²) in [5, 5.41) is 0.987. The van der Waals surface area contributed by atoms with Gasteiger partial charge in [0.25, 0.3) is 0 Å². The van der Waals surface area contributed by atoms with Crippen molar-refractivity contribution in [3.8, 4) is 0 Å². The van der Waals surface area contributed by atoms with Crippen LogP contribution in [0.3, 0.4) is 0 Å². The lowest BCUT2D eigenvalue weighted by Crippen LogP contribution is -2.34. The van der Waals surface area contributed by atoms with Crippen LogP contribution in [0.2, 0.25) is 0 Å². The molecule has 1 aromatic heterocycles. The number of nitrogens with two attached hydrogens (primary N) is 1. The first-order chi connectivity index (χ1) is 7.21. The molecule has 0 bridgehead atoms. The van der Waals surface area contributed by atoms with Crippen LogP contribution in [0.5, 0.6) is 0 Å². The normalized spacial score (nSPS) is 15.4. The summed E-state index contributed by atoms with van der Waals surface area (Å²) in [5.41, 5.74) is 6.55. The Morgan fingerprint density at radius 1 is 1.40 bits per heavy atom. The molecule has 1 heterocycles. The van der Waals surface area contributed by atoms with E-state index in [4.69, 9.17) is 10.2 Å². The van der Waals surface area contributed by atoms with Gasteiger partial charge < -0.3 is 10.2 Å². The van der Waals surface area contributed by atoms with Crippen molar-refractivity contribution in [3.05, 3.63) is 36.1 Å².